The van der Waals surface area contributed by atoms with Crippen LogP contribution in [-0.4, -0.2) is 78.2 Å². The molecule has 182 valence electrons. The third-order valence-electron chi connectivity index (χ3n) is 5.88. The second kappa shape index (κ2) is 12.3. The Bertz CT molecular complexity index is 984. The van der Waals surface area contributed by atoms with Gasteiger partial charge in [0, 0.05) is 51.0 Å². The molecule has 3 rings (SSSR count). The van der Waals surface area contributed by atoms with Gasteiger partial charge in [-0.1, -0.05) is 36.8 Å². The number of nitrogens with one attached hydrogen (secondary N) is 2. The summed E-state index contributed by atoms with van der Waals surface area (Å²) in [6, 6.07) is 15.5. The smallest absolute Gasteiger partial charge is 0.238 e. The molecule has 0 unspecified atom stereocenters. The summed E-state index contributed by atoms with van der Waals surface area (Å²) in [7, 11) is 0. The van der Waals surface area contributed by atoms with Crippen LogP contribution in [0.25, 0.3) is 0 Å². The van der Waals surface area contributed by atoms with E-state index in [1.54, 1.807) is 24.3 Å². The van der Waals surface area contributed by atoms with Gasteiger partial charge in [0.25, 0.3) is 0 Å². The Labute approximate surface area is 201 Å². The zero-order valence-electron chi connectivity index (χ0n) is 20.3. The molecule has 1 aliphatic heterocycles. The van der Waals surface area contributed by atoms with Crippen molar-refractivity contribution in [3.8, 4) is 0 Å². The fraction of sp³-hybridized carbons (Fsp3) is 0.423. The molecule has 0 spiro atoms. The number of rotatable bonds is 9. The number of anilines is 2. The van der Waals surface area contributed by atoms with Gasteiger partial charge in [-0.05, 0) is 43.3 Å². The molecule has 8 nitrogen and oxygen atoms in total. The molecule has 1 saturated heterocycles. The van der Waals surface area contributed by atoms with Crippen molar-refractivity contribution in [2.24, 2.45) is 0 Å². The van der Waals surface area contributed by atoms with Gasteiger partial charge in [0.1, 0.15) is 0 Å². The Morgan fingerprint density at radius 2 is 1.56 bits per heavy atom. The Hall–Kier alpha value is -3.23. The fourth-order valence-electron chi connectivity index (χ4n) is 4.04. The van der Waals surface area contributed by atoms with Gasteiger partial charge in [-0.25, -0.2) is 0 Å². The number of piperazine rings is 1. The Morgan fingerprint density at radius 1 is 0.912 bits per heavy atom. The van der Waals surface area contributed by atoms with Crippen LogP contribution in [0, 0.1) is 6.92 Å². The number of hydrogen-bond donors (Lipinski definition) is 2. The van der Waals surface area contributed by atoms with Gasteiger partial charge in [-0.3, -0.25) is 24.2 Å². The molecule has 34 heavy (non-hydrogen) atoms. The van der Waals surface area contributed by atoms with E-state index in [9.17, 15) is 14.4 Å². The van der Waals surface area contributed by atoms with Crippen molar-refractivity contribution in [3.63, 3.8) is 0 Å². The van der Waals surface area contributed by atoms with Crippen LogP contribution in [0.1, 0.15) is 25.0 Å². The molecule has 1 fully saturated rings. The number of likely N-dealkylation sites (N-methyl/N-ethyl adjacent to an activating group) is 1. The van der Waals surface area contributed by atoms with Gasteiger partial charge in [0.15, 0.2) is 0 Å². The highest BCUT2D eigenvalue weighted by molar-refractivity contribution is 5.93. The maximum Gasteiger partial charge on any atom is 0.238 e. The van der Waals surface area contributed by atoms with Crippen molar-refractivity contribution in [3.05, 3.63) is 59.7 Å². The zero-order valence-corrected chi connectivity index (χ0v) is 20.3. The number of carbonyl (C=O) groups is 3. The highest BCUT2D eigenvalue weighted by Gasteiger charge is 2.23. The summed E-state index contributed by atoms with van der Waals surface area (Å²) in [5.74, 6) is -0.262. The first-order valence-electron chi connectivity index (χ1n) is 11.8. The first-order valence-corrected chi connectivity index (χ1v) is 11.8. The second-order valence-corrected chi connectivity index (χ2v) is 8.76. The minimum Gasteiger partial charge on any atom is -0.339 e. The lowest BCUT2D eigenvalue weighted by Crippen LogP contribution is -2.51. The zero-order chi connectivity index (χ0) is 24.5. The SMILES string of the molecule is CCN(CC(=O)Nc1ccc(NC(C)=O)cc1)CC(=O)N1CCN(Cc2cccc(C)c2)CC1. The molecule has 8 heteroatoms. The van der Waals surface area contributed by atoms with Gasteiger partial charge < -0.3 is 15.5 Å². The topological polar surface area (TPSA) is 85.0 Å². The van der Waals surface area contributed by atoms with Crippen molar-refractivity contribution >= 4 is 29.1 Å². The minimum atomic E-state index is -0.176. The third kappa shape index (κ3) is 7.97. The number of carbonyl (C=O) groups excluding carboxylic acids is 3. The molecule has 1 aliphatic rings. The van der Waals surface area contributed by atoms with Crippen LogP contribution in [0.4, 0.5) is 11.4 Å². The molecule has 2 N–H and O–H groups in total. The van der Waals surface area contributed by atoms with Crippen molar-refractivity contribution < 1.29 is 14.4 Å². The first-order chi connectivity index (χ1) is 16.3. The molecule has 0 radical (unpaired) electrons. The van der Waals surface area contributed by atoms with Gasteiger partial charge in [0.05, 0.1) is 13.1 Å². The fourth-order valence-corrected chi connectivity index (χ4v) is 4.04. The predicted molar refractivity (Wildman–Crippen MR) is 135 cm³/mol. The van der Waals surface area contributed by atoms with Crippen LogP contribution >= 0.6 is 0 Å². The van der Waals surface area contributed by atoms with Crippen molar-refractivity contribution in [1.29, 1.82) is 0 Å². The molecule has 0 saturated carbocycles. The summed E-state index contributed by atoms with van der Waals surface area (Å²) in [6.45, 7) is 10.5. The summed E-state index contributed by atoms with van der Waals surface area (Å²) < 4.78 is 0. The summed E-state index contributed by atoms with van der Waals surface area (Å²) >= 11 is 0. The van der Waals surface area contributed by atoms with Crippen molar-refractivity contribution in [2.45, 2.75) is 27.3 Å². The molecule has 0 bridgehead atoms. The summed E-state index contributed by atoms with van der Waals surface area (Å²) in [5, 5.41) is 5.54. The Kier molecular flexibility index (Phi) is 9.18. The molecule has 0 aliphatic carbocycles. The van der Waals surface area contributed by atoms with E-state index in [4.69, 9.17) is 0 Å². The van der Waals surface area contributed by atoms with Crippen molar-refractivity contribution in [2.75, 3.05) is 56.4 Å². The van der Waals surface area contributed by atoms with Gasteiger partial charge in [-0.2, -0.15) is 0 Å². The van der Waals surface area contributed by atoms with E-state index in [0.29, 0.717) is 31.0 Å². The van der Waals surface area contributed by atoms with E-state index in [0.717, 1.165) is 19.6 Å². The van der Waals surface area contributed by atoms with Crippen LogP contribution < -0.4 is 10.6 Å². The summed E-state index contributed by atoms with van der Waals surface area (Å²) in [4.78, 5) is 42.6. The van der Waals surface area contributed by atoms with E-state index < -0.39 is 0 Å². The molecular weight excluding hydrogens is 430 g/mol. The maximum atomic E-state index is 12.8. The minimum absolute atomic E-state index is 0.0597. The average Bonchev–Trinajstić information content (AvgIpc) is 2.80. The lowest BCUT2D eigenvalue weighted by molar-refractivity contribution is -0.134. The maximum absolute atomic E-state index is 12.8. The Balaban J connectivity index is 1.42. The molecule has 0 aromatic heterocycles. The molecular formula is C26H35N5O3. The lowest BCUT2D eigenvalue weighted by Gasteiger charge is -2.35. The summed E-state index contributed by atoms with van der Waals surface area (Å²) in [6.07, 6.45) is 0. The lowest BCUT2D eigenvalue weighted by atomic mass is 10.1. The first kappa shape index (κ1) is 25.4. The average molecular weight is 466 g/mol. The van der Waals surface area contributed by atoms with Gasteiger partial charge >= 0.3 is 0 Å². The van der Waals surface area contributed by atoms with Crippen LogP contribution in [-0.2, 0) is 20.9 Å². The third-order valence-corrected chi connectivity index (χ3v) is 5.88. The van der Waals surface area contributed by atoms with Crippen LogP contribution in [0.5, 0.6) is 0 Å². The van der Waals surface area contributed by atoms with E-state index in [1.165, 1.54) is 18.1 Å². The number of amides is 3. The van der Waals surface area contributed by atoms with E-state index >= 15 is 0 Å². The number of aryl methyl sites for hydroxylation is 1. The van der Waals surface area contributed by atoms with E-state index in [1.807, 2.05) is 16.7 Å². The van der Waals surface area contributed by atoms with E-state index in [-0.39, 0.29) is 30.8 Å². The highest BCUT2D eigenvalue weighted by atomic mass is 16.2. The largest absolute Gasteiger partial charge is 0.339 e. The quantitative estimate of drug-likeness (QED) is 0.595. The van der Waals surface area contributed by atoms with Crippen LogP contribution in [0.2, 0.25) is 0 Å². The van der Waals surface area contributed by atoms with E-state index in [2.05, 4.69) is 46.7 Å². The summed E-state index contributed by atoms with van der Waals surface area (Å²) in [5.41, 5.74) is 3.88. The highest BCUT2D eigenvalue weighted by Crippen LogP contribution is 2.14. The molecule has 0 atom stereocenters. The molecule has 2 aromatic carbocycles. The monoisotopic (exact) mass is 465 g/mol. The second-order valence-electron chi connectivity index (χ2n) is 8.76. The molecule has 1 heterocycles. The molecule has 3 amide bonds. The standard InChI is InChI=1S/C26H35N5O3/c1-4-29(18-25(33)28-24-10-8-23(9-11-24)27-21(3)32)19-26(34)31-14-12-30(13-15-31)17-22-7-5-6-20(2)16-22/h5-11,16H,4,12-15,17-19H2,1-3H3,(H,27,32)(H,28,33). The number of hydrogen-bond acceptors (Lipinski definition) is 5. The van der Waals surface area contributed by atoms with Crippen molar-refractivity contribution in [1.82, 2.24) is 14.7 Å². The normalized spacial score (nSPS) is 14.2. The van der Waals surface area contributed by atoms with Crippen LogP contribution in [0.3, 0.4) is 0 Å². The van der Waals surface area contributed by atoms with Gasteiger partial charge in [0.2, 0.25) is 17.7 Å². The Morgan fingerprint density at radius 3 is 2.15 bits per heavy atom. The number of benzene rings is 2. The van der Waals surface area contributed by atoms with Gasteiger partial charge in [-0.15, -0.1) is 0 Å². The molecule has 2 aromatic rings. The number of nitrogens with zero attached hydrogens (tertiary/aromatic N) is 3. The van der Waals surface area contributed by atoms with Crippen LogP contribution in [0.15, 0.2) is 48.5 Å². The predicted octanol–water partition coefficient (Wildman–Crippen LogP) is 2.56.